The van der Waals surface area contributed by atoms with E-state index >= 15 is 0 Å². The second-order valence-corrected chi connectivity index (χ2v) is 5.84. The van der Waals surface area contributed by atoms with Gasteiger partial charge in [-0.2, -0.15) is 0 Å². The van der Waals surface area contributed by atoms with Crippen molar-refractivity contribution in [3.8, 4) is 0 Å². The van der Waals surface area contributed by atoms with Crippen LogP contribution in [0.15, 0.2) is 54.6 Å². The number of rotatable bonds is 5. The van der Waals surface area contributed by atoms with Gasteiger partial charge in [-0.3, -0.25) is 9.59 Å². The van der Waals surface area contributed by atoms with E-state index in [9.17, 15) is 14.0 Å². The highest BCUT2D eigenvalue weighted by Crippen LogP contribution is 2.21. The number of amides is 1. The van der Waals surface area contributed by atoms with Crippen molar-refractivity contribution in [2.24, 2.45) is 0 Å². The number of carbonyl (C=O) groups is 2. The van der Waals surface area contributed by atoms with Crippen LogP contribution in [0.1, 0.15) is 15.9 Å². The fraction of sp³-hybridized carbons (Fsp3) is 0.105. The summed E-state index contributed by atoms with van der Waals surface area (Å²) in [6, 6.07) is 14.4. The Bertz CT molecular complexity index is 978. The Labute approximate surface area is 153 Å². The van der Waals surface area contributed by atoms with E-state index in [0.29, 0.717) is 5.56 Å². The van der Waals surface area contributed by atoms with Crippen LogP contribution in [0.3, 0.4) is 0 Å². The minimum Gasteiger partial charge on any atom is -0.459 e. The Morgan fingerprint density at radius 2 is 1.92 bits per heavy atom. The molecule has 1 aromatic heterocycles. The molecule has 0 atom stereocenters. The van der Waals surface area contributed by atoms with Crippen molar-refractivity contribution >= 4 is 34.4 Å². The van der Waals surface area contributed by atoms with Crippen LogP contribution in [0.25, 0.3) is 10.9 Å². The van der Waals surface area contributed by atoms with Gasteiger partial charge in [-0.05, 0) is 30.3 Å². The van der Waals surface area contributed by atoms with Gasteiger partial charge < -0.3 is 10.1 Å². The van der Waals surface area contributed by atoms with Crippen LogP contribution in [-0.4, -0.2) is 23.4 Å². The standard InChI is InChI=1S/C19H14ClFN2O3/c20-18-14(8-12-4-1-2-7-16(12)23-18)11-26-17(24)10-22-19(25)13-5-3-6-15(21)9-13/h1-9H,10-11H2,(H,22,25). The molecular weight excluding hydrogens is 359 g/mol. The molecule has 5 nitrogen and oxygen atoms in total. The average Bonchev–Trinajstić information content (AvgIpc) is 2.64. The summed E-state index contributed by atoms with van der Waals surface area (Å²) < 4.78 is 18.2. The smallest absolute Gasteiger partial charge is 0.325 e. The zero-order valence-corrected chi connectivity index (χ0v) is 14.3. The fourth-order valence-electron chi connectivity index (χ4n) is 2.33. The third-order valence-electron chi connectivity index (χ3n) is 3.62. The SMILES string of the molecule is O=C(CNC(=O)c1cccc(F)c1)OCc1cc2ccccc2nc1Cl. The van der Waals surface area contributed by atoms with Gasteiger partial charge in [0.05, 0.1) is 5.52 Å². The van der Waals surface area contributed by atoms with Crippen molar-refractivity contribution in [1.82, 2.24) is 10.3 Å². The molecule has 0 saturated carbocycles. The molecule has 0 fully saturated rings. The summed E-state index contributed by atoms with van der Waals surface area (Å²) in [5, 5.41) is 3.51. The summed E-state index contributed by atoms with van der Waals surface area (Å²) in [5.74, 6) is -1.73. The summed E-state index contributed by atoms with van der Waals surface area (Å²) in [6.45, 7) is -0.403. The topological polar surface area (TPSA) is 68.3 Å². The number of halogens is 2. The van der Waals surface area contributed by atoms with Crippen molar-refractivity contribution in [1.29, 1.82) is 0 Å². The third kappa shape index (κ3) is 4.34. The number of nitrogens with zero attached hydrogens (tertiary/aromatic N) is 1. The van der Waals surface area contributed by atoms with Crippen molar-refractivity contribution in [2.45, 2.75) is 6.61 Å². The number of aromatic nitrogens is 1. The molecule has 0 aliphatic rings. The molecule has 1 amide bonds. The van der Waals surface area contributed by atoms with Crippen molar-refractivity contribution in [3.05, 3.63) is 76.7 Å². The van der Waals surface area contributed by atoms with E-state index in [1.165, 1.54) is 18.2 Å². The van der Waals surface area contributed by atoms with E-state index in [-0.39, 0.29) is 23.9 Å². The monoisotopic (exact) mass is 372 g/mol. The molecule has 2 aromatic carbocycles. The van der Waals surface area contributed by atoms with Crippen LogP contribution in [0, 0.1) is 5.82 Å². The van der Waals surface area contributed by atoms with Gasteiger partial charge in [0, 0.05) is 16.5 Å². The first-order chi connectivity index (χ1) is 12.5. The summed E-state index contributed by atoms with van der Waals surface area (Å²) in [5.41, 5.74) is 1.43. The molecule has 1 N–H and O–H groups in total. The quantitative estimate of drug-likeness (QED) is 0.549. The lowest BCUT2D eigenvalue weighted by molar-refractivity contribution is -0.143. The van der Waals surface area contributed by atoms with Gasteiger partial charge in [-0.25, -0.2) is 9.37 Å². The molecule has 1 heterocycles. The molecule has 0 aliphatic carbocycles. The first-order valence-electron chi connectivity index (χ1n) is 7.76. The molecule has 0 unspecified atom stereocenters. The van der Waals surface area contributed by atoms with Gasteiger partial charge in [0.25, 0.3) is 5.91 Å². The Morgan fingerprint density at radius 3 is 2.73 bits per heavy atom. The number of pyridine rings is 1. The van der Waals surface area contributed by atoms with Gasteiger partial charge in [-0.15, -0.1) is 0 Å². The largest absolute Gasteiger partial charge is 0.459 e. The van der Waals surface area contributed by atoms with Crippen molar-refractivity contribution in [2.75, 3.05) is 6.54 Å². The van der Waals surface area contributed by atoms with Crippen molar-refractivity contribution in [3.63, 3.8) is 0 Å². The normalized spacial score (nSPS) is 10.5. The molecule has 7 heteroatoms. The maximum absolute atomic E-state index is 13.1. The summed E-state index contributed by atoms with van der Waals surface area (Å²) in [7, 11) is 0. The van der Waals surface area contributed by atoms with E-state index in [2.05, 4.69) is 10.3 Å². The van der Waals surface area contributed by atoms with E-state index in [4.69, 9.17) is 16.3 Å². The molecule has 0 radical (unpaired) electrons. The summed E-state index contributed by atoms with van der Waals surface area (Å²) in [6.07, 6.45) is 0. The molecule has 0 aliphatic heterocycles. The Kier molecular flexibility index (Phi) is 5.43. The number of ether oxygens (including phenoxy) is 1. The second kappa shape index (κ2) is 7.93. The van der Waals surface area contributed by atoms with Crippen LogP contribution in [0.5, 0.6) is 0 Å². The predicted octanol–water partition coefficient (Wildman–Crippen LogP) is 3.50. The second-order valence-electron chi connectivity index (χ2n) is 5.48. The zero-order valence-electron chi connectivity index (χ0n) is 13.5. The van der Waals surface area contributed by atoms with E-state index in [0.717, 1.165) is 17.0 Å². The maximum Gasteiger partial charge on any atom is 0.325 e. The molecule has 0 saturated heterocycles. The Hall–Kier alpha value is -2.99. The number of carbonyl (C=O) groups excluding carboxylic acids is 2. The van der Waals surface area contributed by atoms with Crippen LogP contribution in [0.2, 0.25) is 5.15 Å². The predicted molar refractivity (Wildman–Crippen MR) is 95.3 cm³/mol. The summed E-state index contributed by atoms with van der Waals surface area (Å²) in [4.78, 5) is 27.9. The molecular formula is C19H14ClFN2O3. The van der Waals surface area contributed by atoms with E-state index < -0.39 is 17.7 Å². The minimum absolute atomic E-state index is 0.0642. The molecule has 3 aromatic rings. The number of hydrogen-bond donors (Lipinski definition) is 1. The molecule has 132 valence electrons. The Balaban J connectivity index is 1.56. The lowest BCUT2D eigenvalue weighted by Crippen LogP contribution is -2.30. The van der Waals surface area contributed by atoms with Crippen molar-refractivity contribution < 1.29 is 18.7 Å². The number of benzene rings is 2. The molecule has 0 bridgehead atoms. The van der Waals surface area contributed by atoms with Gasteiger partial charge in [0.2, 0.25) is 0 Å². The molecule has 3 rings (SSSR count). The number of esters is 1. The number of hydrogen-bond acceptors (Lipinski definition) is 4. The number of fused-ring (bicyclic) bond motifs is 1. The molecule has 26 heavy (non-hydrogen) atoms. The highest BCUT2D eigenvalue weighted by Gasteiger charge is 2.11. The van der Waals surface area contributed by atoms with Crippen LogP contribution < -0.4 is 5.32 Å². The Morgan fingerprint density at radius 1 is 1.12 bits per heavy atom. The fourth-order valence-corrected chi connectivity index (χ4v) is 2.53. The van der Waals surface area contributed by atoms with Gasteiger partial charge in [-0.1, -0.05) is 35.9 Å². The highest BCUT2D eigenvalue weighted by molar-refractivity contribution is 6.30. The number of nitrogens with one attached hydrogen (secondary N) is 1. The lowest BCUT2D eigenvalue weighted by Gasteiger charge is -2.09. The highest BCUT2D eigenvalue weighted by atomic mass is 35.5. The minimum atomic E-state index is -0.640. The molecule has 0 spiro atoms. The van der Waals surface area contributed by atoms with Crippen LogP contribution in [-0.2, 0) is 16.1 Å². The number of para-hydroxylation sites is 1. The van der Waals surface area contributed by atoms with Gasteiger partial charge >= 0.3 is 5.97 Å². The zero-order chi connectivity index (χ0) is 18.5. The first-order valence-corrected chi connectivity index (χ1v) is 8.14. The van der Waals surface area contributed by atoms with E-state index in [1.54, 1.807) is 6.07 Å². The first kappa shape index (κ1) is 17.8. The third-order valence-corrected chi connectivity index (χ3v) is 3.95. The van der Waals surface area contributed by atoms with E-state index in [1.807, 2.05) is 24.3 Å². The van der Waals surface area contributed by atoms with Gasteiger partial charge in [0.15, 0.2) is 0 Å². The average molecular weight is 373 g/mol. The van der Waals surface area contributed by atoms with Crippen LogP contribution >= 0.6 is 11.6 Å². The summed E-state index contributed by atoms with van der Waals surface area (Å²) >= 11 is 6.10. The lowest BCUT2D eigenvalue weighted by atomic mass is 10.2. The maximum atomic E-state index is 13.1. The van der Waals surface area contributed by atoms with Crippen LogP contribution in [0.4, 0.5) is 4.39 Å². The van der Waals surface area contributed by atoms with Gasteiger partial charge in [0.1, 0.15) is 24.1 Å².